The first-order chi connectivity index (χ1) is 27.9. The van der Waals surface area contributed by atoms with Crippen LogP contribution in [0.15, 0.2) is 102 Å². The molecule has 3 aliphatic carbocycles. The Labute approximate surface area is 341 Å². The van der Waals surface area contributed by atoms with Crippen LogP contribution in [0.1, 0.15) is 79.8 Å². The second kappa shape index (κ2) is 15.4. The SMILES string of the molecule is CC(=O)O[C@@]12CO[C@@H]1C[C@H](O)[C@@]1(C)C(=O)[C@H](O)C3=C(C)[C@H](OC(=O)[C@H](O)[C@@H](NC(=O)c4ccccc4)c4ccccc4)C[C@@](O)([C@H](OC(=O)c4ccccc4)[C@H]21)C3(C)C. The second-order valence-electron chi connectivity index (χ2n) is 16.8. The Kier molecular flexibility index (Phi) is 10.9. The maximum atomic E-state index is 15.0. The average Bonchev–Trinajstić information content (AvgIpc) is 3.21. The van der Waals surface area contributed by atoms with Crippen LogP contribution in [0.5, 0.6) is 0 Å². The van der Waals surface area contributed by atoms with Gasteiger partial charge in [-0.1, -0.05) is 80.6 Å². The molecule has 4 aliphatic rings. The molecule has 0 aromatic heterocycles. The van der Waals surface area contributed by atoms with Gasteiger partial charge in [-0.3, -0.25) is 14.4 Å². The number of amides is 1. The molecule has 3 aromatic rings. The normalized spacial score (nSPS) is 33.0. The van der Waals surface area contributed by atoms with Gasteiger partial charge >= 0.3 is 17.9 Å². The first-order valence-corrected chi connectivity index (χ1v) is 19.6. The summed E-state index contributed by atoms with van der Waals surface area (Å²) in [6.07, 6.45) is -10.5. The molecule has 2 bridgehead atoms. The van der Waals surface area contributed by atoms with Gasteiger partial charge in [-0.25, -0.2) is 9.59 Å². The first kappa shape index (κ1) is 41.9. The molecular formula is C45H49NO13. The maximum absolute atomic E-state index is 15.0. The number of hydrogen-bond acceptors (Lipinski definition) is 13. The van der Waals surface area contributed by atoms with Gasteiger partial charge in [0.1, 0.15) is 30.0 Å². The number of ketones is 1. The van der Waals surface area contributed by atoms with E-state index in [1.165, 1.54) is 26.0 Å². The highest BCUT2D eigenvalue weighted by Crippen LogP contribution is 2.64. The van der Waals surface area contributed by atoms with E-state index in [0.29, 0.717) is 5.56 Å². The topological polar surface area (TPSA) is 215 Å². The van der Waals surface area contributed by atoms with Crippen LogP contribution in [0.25, 0.3) is 0 Å². The van der Waals surface area contributed by atoms with Crippen molar-refractivity contribution in [1.82, 2.24) is 5.32 Å². The Morgan fingerprint density at radius 3 is 2.00 bits per heavy atom. The predicted octanol–water partition coefficient (Wildman–Crippen LogP) is 3.16. The average molecular weight is 812 g/mol. The van der Waals surface area contributed by atoms with Gasteiger partial charge in [0.05, 0.1) is 35.6 Å². The van der Waals surface area contributed by atoms with Crippen molar-refractivity contribution in [2.45, 2.75) is 101 Å². The lowest BCUT2D eigenvalue weighted by Gasteiger charge is -2.67. The lowest BCUT2D eigenvalue weighted by molar-refractivity contribution is -0.346. The number of esters is 3. The van der Waals surface area contributed by atoms with Crippen molar-refractivity contribution in [2.75, 3.05) is 6.61 Å². The number of aliphatic hydroxyl groups excluding tert-OH is 3. The fourth-order valence-electron chi connectivity index (χ4n) is 9.94. The standard InChI is InChI=1S/C45H49NO13/c1-24-29(57-41(54)35(50)33(26-15-9-6-10-16-26)46-39(52)27-17-11-7-12-18-27)22-45(55)38(58-40(53)28-19-13-8-14-20-28)36-43(5,37(51)34(49)32(24)42(45,3)4)30(48)21-31-44(36,23-56-31)59-25(2)47/h6-20,29-31,33-36,38,48-50,55H,21-23H2,1-5H3,(H,46,52)/t29-,30+,31-,33+,34-,35-,36+,38-,43-,44+,45-/m1/s1. The largest absolute Gasteiger partial charge is 0.456 e. The highest BCUT2D eigenvalue weighted by Gasteiger charge is 2.78. The molecule has 0 unspecified atom stereocenters. The molecule has 5 N–H and O–H groups in total. The molecule has 1 saturated heterocycles. The third-order valence-corrected chi connectivity index (χ3v) is 13.2. The number of nitrogens with one attached hydrogen (secondary N) is 1. The molecule has 312 valence electrons. The highest BCUT2D eigenvalue weighted by atomic mass is 16.6. The Morgan fingerprint density at radius 2 is 1.44 bits per heavy atom. The van der Waals surface area contributed by atoms with Crippen LogP contribution in [0.4, 0.5) is 0 Å². The molecule has 1 heterocycles. The van der Waals surface area contributed by atoms with Crippen LogP contribution in [-0.2, 0) is 33.3 Å². The zero-order chi connectivity index (χ0) is 42.7. The molecular weight excluding hydrogens is 762 g/mol. The summed E-state index contributed by atoms with van der Waals surface area (Å²) in [4.78, 5) is 69.5. The Morgan fingerprint density at radius 1 is 0.864 bits per heavy atom. The monoisotopic (exact) mass is 811 g/mol. The van der Waals surface area contributed by atoms with Crippen molar-refractivity contribution < 1.29 is 63.3 Å². The summed E-state index contributed by atoms with van der Waals surface area (Å²) in [5.74, 6) is -5.89. The number of rotatable bonds is 9. The third-order valence-electron chi connectivity index (χ3n) is 13.2. The van der Waals surface area contributed by atoms with Crippen LogP contribution in [0, 0.1) is 16.7 Å². The predicted molar refractivity (Wildman–Crippen MR) is 208 cm³/mol. The van der Waals surface area contributed by atoms with Gasteiger partial charge in [0.15, 0.2) is 17.5 Å². The van der Waals surface area contributed by atoms with Gasteiger partial charge < -0.3 is 44.7 Å². The molecule has 0 spiro atoms. The van der Waals surface area contributed by atoms with Crippen LogP contribution < -0.4 is 5.32 Å². The summed E-state index contributed by atoms with van der Waals surface area (Å²) in [6, 6.07) is 23.1. The first-order valence-electron chi connectivity index (χ1n) is 19.6. The van der Waals surface area contributed by atoms with E-state index >= 15 is 0 Å². The fraction of sp³-hybridized carbons (Fsp3) is 0.444. The van der Waals surface area contributed by atoms with Crippen molar-refractivity contribution in [3.05, 3.63) is 119 Å². The molecule has 3 fully saturated rings. The van der Waals surface area contributed by atoms with E-state index in [1.807, 2.05) is 0 Å². The molecule has 11 atom stereocenters. The van der Waals surface area contributed by atoms with Crippen molar-refractivity contribution in [1.29, 1.82) is 0 Å². The summed E-state index contributed by atoms with van der Waals surface area (Å²) in [7, 11) is 0. The van der Waals surface area contributed by atoms with Crippen molar-refractivity contribution in [2.24, 2.45) is 16.7 Å². The molecule has 1 aliphatic heterocycles. The number of hydrogen-bond donors (Lipinski definition) is 5. The summed E-state index contributed by atoms with van der Waals surface area (Å²) in [6.45, 7) is 6.89. The van der Waals surface area contributed by atoms with Crippen LogP contribution >= 0.6 is 0 Å². The molecule has 1 amide bonds. The summed E-state index contributed by atoms with van der Waals surface area (Å²) >= 11 is 0. The molecule has 3 aromatic carbocycles. The molecule has 0 radical (unpaired) electrons. The number of carbonyl (C=O) groups is 5. The summed E-state index contributed by atoms with van der Waals surface area (Å²) < 4.78 is 24.2. The lowest BCUT2D eigenvalue weighted by Crippen LogP contribution is -2.81. The van der Waals surface area contributed by atoms with Gasteiger partial charge in [-0.2, -0.15) is 0 Å². The number of carbonyl (C=O) groups excluding carboxylic acids is 5. The van der Waals surface area contributed by atoms with Gasteiger partial charge in [0, 0.05) is 30.7 Å². The molecule has 59 heavy (non-hydrogen) atoms. The zero-order valence-corrected chi connectivity index (χ0v) is 33.4. The van der Waals surface area contributed by atoms with E-state index in [1.54, 1.807) is 92.7 Å². The number of fused-ring (bicyclic) bond motifs is 5. The van der Waals surface area contributed by atoms with Crippen molar-refractivity contribution in [3.8, 4) is 0 Å². The molecule has 14 heteroatoms. The highest BCUT2D eigenvalue weighted by molar-refractivity contribution is 5.95. The Hall–Kier alpha value is -5.25. The van der Waals surface area contributed by atoms with E-state index in [2.05, 4.69) is 5.32 Å². The quantitative estimate of drug-likeness (QED) is 0.120. The van der Waals surface area contributed by atoms with E-state index in [4.69, 9.17) is 18.9 Å². The zero-order valence-electron chi connectivity index (χ0n) is 33.4. The number of benzene rings is 3. The van der Waals surface area contributed by atoms with E-state index in [0.717, 1.165) is 6.92 Å². The minimum Gasteiger partial charge on any atom is -0.456 e. The molecule has 7 rings (SSSR count). The van der Waals surface area contributed by atoms with E-state index < -0.39 is 107 Å². The van der Waals surface area contributed by atoms with Crippen molar-refractivity contribution >= 4 is 29.6 Å². The Balaban J connectivity index is 1.34. The van der Waals surface area contributed by atoms with Crippen LogP contribution in [0.3, 0.4) is 0 Å². The Bertz CT molecular complexity index is 2160. The van der Waals surface area contributed by atoms with Crippen LogP contribution in [-0.4, -0.2) is 104 Å². The summed E-state index contributed by atoms with van der Waals surface area (Å²) in [5.41, 5.74) is -6.86. The number of ether oxygens (including phenoxy) is 4. The van der Waals surface area contributed by atoms with Crippen molar-refractivity contribution in [3.63, 3.8) is 0 Å². The van der Waals surface area contributed by atoms with Gasteiger partial charge in [-0.15, -0.1) is 0 Å². The smallest absolute Gasteiger partial charge is 0.338 e. The van der Waals surface area contributed by atoms with Crippen LogP contribution in [0.2, 0.25) is 0 Å². The molecule has 2 saturated carbocycles. The van der Waals surface area contributed by atoms with E-state index in [-0.39, 0.29) is 35.3 Å². The van der Waals surface area contributed by atoms with Gasteiger partial charge in [-0.05, 0) is 54.8 Å². The lowest BCUT2D eigenvalue weighted by atomic mass is 9.44. The third kappa shape index (κ3) is 6.76. The molecule has 14 nitrogen and oxygen atoms in total. The number of Topliss-reactive ketones (excluding diaryl/α,β-unsaturated/α-hetero) is 1. The summed E-state index contributed by atoms with van der Waals surface area (Å²) in [5, 5.41) is 51.9. The van der Waals surface area contributed by atoms with Gasteiger partial charge in [0.25, 0.3) is 5.91 Å². The second-order valence-corrected chi connectivity index (χ2v) is 16.8. The number of aliphatic hydroxyl groups is 4. The fourth-order valence-corrected chi connectivity index (χ4v) is 9.94. The minimum atomic E-state index is -2.35. The van der Waals surface area contributed by atoms with E-state index in [9.17, 15) is 44.4 Å². The van der Waals surface area contributed by atoms with Gasteiger partial charge in [0.2, 0.25) is 0 Å². The minimum absolute atomic E-state index is 0.0540. The maximum Gasteiger partial charge on any atom is 0.338 e.